The van der Waals surface area contributed by atoms with Crippen molar-refractivity contribution in [2.75, 3.05) is 5.32 Å². The highest BCUT2D eigenvalue weighted by atomic mass is 16.6. The van der Waals surface area contributed by atoms with Gasteiger partial charge in [-0.1, -0.05) is 0 Å². The molecule has 0 saturated carbocycles. The lowest BCUT2D eigenvalue weighted by atomic mass is 10.2. The molecule has 7 heteroatoms. The second-order valence-electron chi connectivity index (χ2n) is 3.67. The number of hydrogen-bond acceptors (Lipinski definition) is 5. The van der Waals surface area contributed by atoms with E-state index < -0.39 is 4.92 Å². The van der Waals surface area contributed by atoms with E-state index in [0.29, 0.717) is 11.6 Å². The molecule has 2 aromatic heterocycles. The third kappa shape index (κ3) is 2.12. The van der Waals surface area contributed by atoms with E-state index in [1.807, 2.05) is 6.92 Å². The van der Waals surface area contributed by atoms with Crippen LogP contribution in [0.15, 0.2) is 29.1 Å². The van der Waals surface area contributed by atoms with E-state index in [0.717, 1.165) is 0 Å². The summed E-state index contributed by atoms with van der Waals surface area (Å²) in [5.74, 6) is 0.880. The van der Waals surface area contributed by atoms with E-state index >= 15 is 0 Å². The summed E-state index contributed by atoms with van der Waals surface area (Å²) >= 11 is 0. The zero-order valence-electron chi connectivity index (χ0n) is 9.45. The van der Waals surface area contributed by atoms with Gasteiger partial charge in [0.25, 0.3) is 0 Å². The molecule has 2 heterocycles. The third-order valence-electron chi connectivity index (χ3n) is 2.41. The quantitative estimate of drug-likeness (QED) is 0.648. The summed E-state index contributed by atoms with van der Waals surface area (Å²) in [6.07, 6.45) is 2.96. The monoisotopic (exact) mass is 236 g/mol. The molecule has 0 fully saturated rings. The summed E-state index contributed by atoms with van der Waals surface area (Å²) in [7, 11) is 1.69. The number of rotatable bonds is 4. The van der Waals surface area contributed by atoms with Crippen LogP contribution in [0.25, 0.3) is 0 Å². The van der Waals surface area contributed by atoms with Crippen LogP contribution in [0.3, 0.4) is 0 Å². The van der Waals surface area contributed by atoms with Crippen LogP contribution in [0.1, 0.15) is 18.7 Å². The number of imidazole rings is 1. The number of nitro groups is 1. The first-order valence-corrected chi connectivity index (χ1v) is 5.05. The van der Waals surface area contributed by atoms with Crippen molar-refractivity contribution in [3.63, 3.8) is 0 Å². The molecule has 2 aromatic rings. The highest BCUT2D eigenvalue weighted by Crippen LogP contribution is 2.26. The van der Waals surface area contributed by atoms with Gasteiger partial charge in [-0.15, -0.1) is 0 Å². The third-order valence-corrected chi connectivity index (χ3v) is 2.41. The molecule has 0 aromatic carbocycles. The summed E-state index contributed by atoms with van der Waals surface area (Å²) in [4.78, 5) is 14.0. The summed E-state index contributed by atoms with van der Waals surface area (Å²) in [6, 6.07) is 3.41. The Balaban J connectivity index is 2.24. The van der Waals surface area contributed by atoms with Gasteiger partial charge in [0.05, 0.1) is 12.3 Å². The molecule has 0 spiro atoms. The standard InChI is InChI=1S/C10H12N4O3/c1-7(8-4-3-5-17-8)12-10-9(14(15)16)11-6-13(10)2/h3-7,12H,1-2H3. The molecular weight excluding hydrogens is 224 g/mol. The van der Waals surface area contributed by atoms with Gasteiger partial charge >= 0.3 is 5.82 Å². The Labute approximate surface area is 97.2 Å². The molecule has 1 atom stereocenters. The maximum Gasteiger partial charge on any atom is 0.406 e. The zero-order chi connectivity index (χ0) is 12.4. The summed E-state index contributed by atoms with van der Waals surface area (Å²) in [5, 5.41) is 13.8. The normalized spacial score (nSPS) is 12.4. The number of furan rings is 1. The molecule has 0 bridgehead atoms. The molecule has 0 radical (unpaired) electrons. The molecule has 0 aliphatic rings. The van der Waals surface area contributed by atoms with Crippen molar-refractivity contribution in [1.82, 2.24) is 9.55 Å². The van der Waals surface area contributed by atoms with Crippen LogP contribution in [0, 0.1) is 10.1 Å². The van der Waals surface area contributed by atoms with E-state index in [9.17, 15) is 10.1 Å². The Hall–Kier alpha value is -2.31. The molecule has 0 aliphatic carbocycles. The van der Waals surface area contributed by atoms with Gasteiger partial charge in [0.1, 0.15) is 5.76 Å². The van der Waals surface area contributed by atoms with Crippen LogP contribution in [0.4, 0.5) is 11.6 Å². The van der Waals surface area contributed by atoms with Crippen LogP contribution in [0.2, 0.25) is 0 Å². The maximum atomic E-state index is 10.8. The maximum absolute atomic E-state index is 10.8. The Morgan fingerprint density at radius 3 is 3.00 bits per heavy atom. The lowest BCUT2D eigenvalue weighted by molar-refractivity contribution is -0.388. The highest BCUT2D eigenvalue weighted by Gasteiger charge is 2.22. The minimum Gasteiger partial charge on any atom is -0.467 e. The molecule has 0 amide bonds. The van der Waals surface area contributed by atoms with Crippen LogP contribution in [-0.4, -0.2) is 14.5 Å². The van der Waals surface area contributed by atoms with E-state index in [1.165, 1.54) is 6.33 Å². The largest absolute Gasteiger partial charge is 0.467 e. The fourth-order valence-corrected chi connectivity index (χ4v) is 1.53. The lowest BCUT2D eigenvalue weighted by Crippen LogP contribution is -2.10. The fraction of sp³-hybridized carbons (Fsp3) is 0.300. The number of aryl methyl sites for hydroxylation is 1. The zero-order valence-corrected chi connectivity index (χ0v) is 9.45. The van der Waals surface area contributed by atoms with Gasteiger partial charge in [0.15, 0.2) is 0 Å². The smallest absolute Gasteiger partial charge is 0.406 e. The molecule has 1 N–H and O–H groups in total. The van der Waals surface area contributed by atoms with Gasteiger partial charge in [-0.25, -0.2) is 0 Å². The van der Waals surface area contributed by atoms with Gasteiger partial charge in [-0.2, -0.15) is 0 Å². The Morgan fingerprint density at radius 1 is 1.65 bits per heavy atom. The van der Waals surface area contributed by atoms with Gasteiger partial charge in [-0.3, -0.25) is 4.57 Å². The molecule has 1 unspecified atom stereocenters. The predicted molar refractivity (Wildman–Crippen MR) is 60.6 cm³/mol. The van der Waals surface area contributed by atoms with Crippen molar-refractivity contribution in [3.8, 4) is 0 Å². The van der Waals surface area contributed by atoms with Gasteiger partial charge < -0.3 is 19.8 Å². The average molecular weight is 236 g/mol. The first-order valence-electron chi connectivity index (χ1n) is 5.05. The van der Waals surface area contributed by atoms with Gasteiger partial charge in [0, 0.05) is 7.05 Å². The fourth-order valence-electron chi connectivity index (χ4n) is 1.53. The van der Waals surface area contributed by atoms with E-state index in [2.05, 4.69) is 10.3 Å². The second-order valence-corrected chi connectivity index (χ2v) is 3.67. The topological polar surface area (TPSA) is 86.1 Å². The summed E-state index contributed by atoms with van der Waals surface area (Å²) in [6.45, 7) is 1.86. The average Bonchev–Trinajstić information content (AvgIpc) is 2.89. The van der Waals surface area contributed by atoms with Crippen molar-refractivity contribution < 1.29 is 9.34 Å². The number of anilines is 1. The minimum absolute atomic E-state index is 0.168. The number of aromatic nitrogens is 2. The molecule has 90 valence electrons. The van der Waals surface area contributed by atoms with Gasteiger partial charge in [0.2, 0.25) is 12.1 Å². The predicted octanol–water partition coefficient (Wildman–Crippen LogP) is 2.09. The molecular formula is C10H12N4O3. The molecule has 0 aliphatic heterocycles. The van der Waals surface area contributed by atoms with Crippen molar-refractivity contribution in [1.29, 1.82) is 0 Å². The second kappa shape index (κ2) is 4.28. The molecule has 2 rings (SSSR count). The summed E-state index contributed by atoms with van der Waals surface area (Å²) < 4.78 is 6.79. The summed E-state index contributed by atoms with van der Waals surface area (Å²) in [5.41, 5.74) is 0. The van der Waals surface area contributed by atoms with Crippen LogP contribution in [-0.2, 0) is 7.05 Å². The lowest BCUT2D eigenvalue weighted by Gasteiger charge is -2.12. The molecule has 7 nitrogen and oxygen atoms in total. The highest BCUT2D eigenvalue weighted by molar-refractivity contribution is 5.53. The van der Waals surface area contributed by atoms with Crippen molar-refractivity contribution >= 4 is 11.6 Å². The first-order chi connectivity index (χ1) is 8.09. The van der Waals surface area contributed by atoms with E-state index in [4.69, 9.17) is 4.42 Å². The van der Waals surface area contributed by atoms with Crippen LogP contribution >= 0.6 is 0 Å². The Kier molecular flexibility index (Phi) is 2.82. The Bertz CT molecular complexity index is 518. The first kappa shape index (κ1) is 11.2. The van der Waals surface area contributed by atoms with Crippen molar-refractivity contribution in [2.24, 2.45) is 7.05 Å². The van der Waals surface area contributed by atoms with Crippen LogP contribution in [0.5, 0.6) is 0 Å². The minimum atomic E-state index is -0.517. The number of nitrogens with one attached hydrogen (secondary N) is 1. The number of nitrogens with zero attached hydrogens (tertiary/aromatic N) is 3. The van der Waals surface area contributed by atoms with Gasteiger partial charge in [-0.05, 0) is 29.0 Å². The Morgan fingerprint density at radius 2 is 2.41 bits per heavy atom. The van der Waals surface area contributed by atoms with E-state index in [1.54, 1.807) is 30.0 Å². The van der Waals surface area contributed by atoms with Crippen molar-refractivity contribution in [3.05, 3.63) is 40.6 Å². The van der Waals surface area contributed by atoms with Crippen molar-refractivity contribution in [2.45, 2.75) is 13.0 Å². The molecule has 0 saturated heterocycles. The molecule has 17 heavy (non-hydrogen) atoms. The number of hydrogen-bond donors (Lipinski definition) is 1. The van der Waals surface area contributed by atoms with Crippen LogP contribution < -0.4 is 5.32 Å². The van der Waals surface area contributed by atoms with E-state index in [-0.39, 0.29) is 11.9 Å². The SMILES string of the molecule is CC(Nc1c([N+](=O)[O-])ncn1C)c1ccco1.